The van der Waals surface area contributed by atoms with Gasteiger partial charge >= 0.3 is 0 Å². The number of aliphatic hydroxyl groups is 1. The van der Waals surface area contributed by atoms with E-state index in [0.29, 0.717) is 6.54 Å². The van der Waals surface area contributed by atoms with Crippen LogP contribution in [-0.2, 0) is 5.60 Å². The minimum absolute atomic E-state index is 0.629. The molecule has 2 nitrogen and oxygen atoms in total. The van der Waals surface area contributed by atoms with Crippen LogP contribution in [0.2, 0.25) is 0 Å². The molecule has 2 unspecified atom stereocenters. The average molecular weight is 251 g/mol. The van der Waals surface area contributed by atoms with Gasteiger partial charge in [-0.1, -0.05) is 12.2 Å². The molecule has 0 saturated heterocycles. The molecule has 94 valence electrons. The van der Waals surface area contributed by atoms with E-state index in [1.165, 1.54) is 19.3 Å². The van der Waals surface area contributed by atoms with E-state index >= 15 is 0 Å². The van der Waals surface area contributed by atoms with Gasteiger partial charge in [0.25, 0.3) is 0 Å². The molecule has 3 heteroatoms. The van der Waals surface area contributed by atoms with E-state index in [4.69, 9.17) is 0 Å². The molecule has 2 N–H and O–H groups in total. The second-order valence-corrected chi connectivity index (χ2v) is 5.85. The Morgan fingerprint density at radius 2 is 2.41 bits per heavy atom. The summed E-state index contributed by atoms with van der Waals surface area (Å²) in [4.78, 5) is 0. The topological polar surface area (TPSA) is 32.3 Å². The Labute approximate surface area is 107 Å². The zero-order chi connectivity index (χ0) is 12.1. The maximum atomic E-state index is 10.3. The zero-order valence-electron chi connectivity index (χ0n) is 10.4. The fraction of sp³-hybridized carbons (Fsp3) is 0.571. The van der Waals surface area contributed by atoms with E-state index in [2.05, 4.69) is 17.5 Å². The van der Waals surface area contributed by atoms with Crippen LogP contribution >= 0.6 is 11.3 Å². The Balaban J connectivity index is 1.76. The first kappa shape index (κ1) is 12.8. The molecule has 0 radical (unpaired) electrons. The average Bonchev–Trinajstić information content (AvgIpc) is 2.84. The highest BCUT2D eigenvalue weighted by Crippen LogP contribution is 2.22. The Morgan fingerprint density at radius 3 is 3.06 bits per heavy atom. The van der Waals surface area contributed by atoms with E-state index in [1.807, 2.05) is 23.8 Å². The maximum absolute atomic E-state index is 10.3. The molecule has 1 aromatic rings. The van der Waals surface area contributed by atoms with Crippen molar-refractivity contribution in [2.45, 2.75) is 31.8 Å². The number of nitrogens with one attached hydrogen (secondary N) is 1. The molecular formula is C14H21NOS. The van der Waals surface area contributed by atoms with Crippen molar-refractivity contribution in [1.29, 1.82) is 0 Å². The SMILES string of the molecule is CC(O)(CNCC1CC=CCC1)c1ccsc1. The van der Waals surface area contributed by atoms with Crippen LogP contribution in [0.15, 0.2) is 29.0 Å². The van der Waals surface area contributed by atoms with Gasteiger partial charge in [0.15, 0.2) is 0 Å². The third-order valence-electron chi connectivity index (χ3n) is 3.42. The number of allylic oxidation sites excluding steroid dienone is 2. The van der Waals surface area contributed by atoms with Crippen molar-refractivity contribution in [3.05, 3.63) is 34.5 Å². The van der Waals surface area contributed by atoms with E-state index in [1.54, 1.807) is 11.3 Å². The summed E-state index contributed by atoms with van der Waals surface area (Å²) in [5, 5.41) is 17.8. The van der Waals surface area contributed by atoms with Crippen LogP contribution in [0.4, 0.5) is 0 Å². The summed E-state index contributed by atoms with van der Waals surface area (Å²) in [6.07, 6.45) is 8.18. The predicted octanol–water partition coefficient (Wildman–Crippen LogP) is 2.90. The summed E-state index contributed by atoms with van der Waals surface area (Å²) in [6, 6.07) is 2.00. The summed E-state index contributed by atoms with van der Waals surface area (Å²) >= 11 is 1.63. The summed E-state index contributed by atoms with van der Waals surface area (Å²) in [6.45, 7) is 3.51. The molecule has 1 aromatic heterocycles. The molecule has 0 bridgehead atoms. The molecule has 1 aliphatic carbocycles. The fourth-order valence-corrected chi connectivity index (χ4v) is 3.02. The highest BCUT2D eigenvalue weighted by molar-refractivity contribution is 7.08. The van der Waals surface area contributed by atoms with Crippen LogP contribution in [0.3, 0.4) is 0 Å². The monoisotopic (exact) mass is 251 g/mol. The van der Waals surface area contributed by atoms with Gasteiger partial charge in [-0.05, 0) is 61.0 Å². The second kappa shape index (κ2) is 5.80. The minimum atomic E-state index is -0.746. The molecular weight excluding hydrogens is 230 g/mol. The quantitative estimate of drug-likeness (QED) is 0.789. The highest BCUT2D eigenvalue weighted by Gasteiger charge is 2.23. The van der Waals surface area contributed by atoms with E-state index in [9.17, 15) is 5.11 Å². The Morgan fingerprint density at radius 1 is 1.53 bits per heavy atom. The Hall–Kier alpha value is -0.640. The first-order chi connectivity index (χ1) is 8.18. The molecule has 0 aromatic carbocycles. The lowest BCUT2D eigenvalue weighted by Gasteiger charge is -2.25. The van der Waals surface area contributed by atoms with Crippen LogP contribution in [0.25, 0.3) is 0 Å². The largest absolute Gasteiger partial charge is 0.384 e. The molecule has 0 fully saturated rings. The Bertz CT molecular complexity index is 356. The van der Waals surface area contributed by atoms with Crippen LogP contribution < -0.4 is 5.32 Å². The summed E-state index contributed by atoms with van der Waals surface area (Å²) in [5.74, 6) is 0.735. The van der Waals surface area contributed by atoms with Gasteiger partial charge in [0.05, 0.1) is 5.60 Å². The van der Waals surface area contributed by atoms with Crippen molar-refractivity contribution in [3.8, 4) is 0 Å². The number of thiophene rings is 1. The van der Waals surface area contributed by atoms with Crippen molar-refractivity contribution in [3.63, 3.8) is 0 Å². The molecule has 0 spiro atoms. The highest BCUT2D eigenvalue weighted by atomic mass is 32.1. The van der Waals surface area contributed by atoms with Gasteiger partial charge < -0.3 is 10.4 Å². The van der Waals surface area contributed by atoms with Crippen molar-refractivity contribution >= 4 is 11.3 Å². The lowest BCUT2D eigenvalue weighted by atomic mass is 9.93. The molecule has 0 aliphatic heterocycles. The molecule has 0 saturated carbocycles. The summed E-state index contributed by atoms with van der Waals surface area (Å²) in [7, 11) is 0. The van der Waals surface area contributed by atoms with Gasteiger partial charge in [-0.15, -0.1) is 0 Å². The number of rotatable bonds is 5. The molecule has 2 atom stereocenters. The first-order valence-electron chi connectivity index (χ1n) is 6.29. The lowest BCUT2D eigenvalue weighted by Crippen LogP contribution is -2.37. The van der Waals surface area contributed by atoms with Gasteiger partial charge in [-0.2, -0.15) is 11.3 Å². The van der Waals surface area contributed by atoms with Gasteiger partial charge in [0.2, 0.25) is 0 Å². The standard InChI is InChI=1S/C14H21NOS/c1-14(16,13-7-8-17-10-13)11-15-9-12-5-3-2-4-6-12/h2-3,7-8,10,12,15-16H,4-6,9,11H2,1H3. The molecule has 0 amide bonds. The van der Waals surface area contributed by atoms with Crippen molar-refractivity contribution in [2.24, 2.45) is 5.92 Å². The van der Waals surface area contributed by atoms with Crippen molar-refractivity contribution in [1.82, 2.24) is 5.32 Å². The van der Waals surface area contributed by atoms with Crippen molar-refractivity contribution < 1.29 is 5.11 Å². The van der Waals surface area contributed by atoms with Crippen molar-refractivity contribution in [2.75, 3.05) is 13.1 Å². The van der Waals surface area contributed by atoms with E-state index in [0.717, 1.165) is 18.0 Å². The van der Waals surface area contributed by atoms with Crippen LogP contribution in [-0.4, -0.2) is 18.2 Å². The maximum Gasteiger partial charge on any atom is 0.1000 e. The van der Waals surface area contributed by atoms with Gasteiger partial charge in [-0.25, -0.2) is 0 Å². The summed E-state index contributed by atoms with van der Waals surface area (Å²) < 4.78 is 0. The Kier molecular flexibility index (Phi) is 4.37. The van der Waals surface area contributed by atoms with Crippen LogP contribution in [0.5, 0.6) is 0 Å². The first-order valence-corrected chi connectivity index (χ1v) is 7.23. The lowest BCUT2D eigenvalue weighted by molar-refractivity contribution is 0.0563. The molecule has 17 heavy (non-hydrogen) atoms. The van der Waals surface area contributed by atoms with Crippen LogP contribution in [0.1, 0.15) is 31.7 Å². The van der Waals surface area contributed by atoms with Gasteiger partial charge in [0, 0.05) is 6.54 Å². The second-order valence-electron chi connectivity index (χ2n) is 5.07. The van der Waals surface area contributed by atoms with E-state index < -0.39 is 5.60 Å². The summed E-state index contributed by atoms with van der Waals surface area (Å²) in [5.41, 5.74) is 0.267. The third kappa shape index (κ3) is 3.66. The number of hydrogen-bond acceptors (Lipinski definition) is 3. The predicted molar refractivity (Wildman–Crippen MR) is 73.2 cm³/mol. The molecule has 2 rings (SSSR count). The molecule has 1 heterocycles. The smallest absolute Gasteiger partial charge is 0.1000 e. The number of hydrogen-bond donors (Lipinski definition) is 2. The molecule has 1 aliphatic rings. The fourth-order valence-electron chi connectivity index (χ4n) is 2.23. The third-order valence-corrected chi connectivity index (χ3v) is 4.11. The van der Waals surface area contributed by atoms with E-state index in [-0.39, 0.29) is 0 Å². The normalized spacial score (nSPS) is 23.5. The van der Waals surface area contributed by atoms with Crippen LogP contribution in [0, 0.1) is 5.92 Å². The minimum Gasteiger partial charge on any atom is -0.384 e. The zero-order valence-corrected chi connectivity index (χ0v) is 11.2. The van der Waals surface area contributed by atoms with Gasteiger partial charge in [0.1, 0.15) is 0 Å². The van der Waals surface area contributed by atoms with Gasteiger partial charge in [-0.3, -0.25) is 0 Å².